The molecule has 0 spiro atoms. The largest absolute Gasteiger partial charge is 0.369 e. The first-order chi connectivity index (χ1) is 9.72. The van der Waals surface area contributed by atoms with Crippen molar-refractivity contribution in [3.63, 3.8) is 0 Å². The van der Waals surface area contributed by atoms with Crippen molar-refractivity contribution < 1.29 is 4.39 Å². The summed E-state index contributed by atoms with van der Waals surface area (Å²) in [7, 11) is 0. The van der Waals surface area contributed by atoms with Crippen LogP contribution in [0.2, 0.25) is 0 Å². The lowest BCUT2D eigenvalue weighted by molar-refractivity contribution is 0.146. The van der Waals surface area contributed by atoms with Crippen molar-refractivity contribution in [3.05, 3.63) is 30.1 Å². The third kappa shape index (κ3) is 3.13. The summed E-state index contributed by atoms with van der Waals surface area (Å²) in [5, 5.41) is 3.58. The number of benzene rings is 1. The zero-order valence-corrected chi connectivity index (χ0v) is 12.2. The van der Waals surface area contributed by atoms with Crippen LogP contribution >= 0.6 is 0 Å². The Morgan fingerprint density at radius 3 is 2.35 bits per heavy atom. The molecule has 1 N–H and O–H groups in total. The minimum atomic E-state index is -0.158. The summed E-state index contributed by atoms with van der Waals surface area (Å²) in [6.45, 7) is 7.69. The molecule has 4 heteroatoms. The second-order valence-corrected chi connectivity index (χ2v) is 6.04. The highest BCUT2D eigenvalue weighted by molar-refractivity contribution is 5.46. The number of hydrogen-bond donors (Lipinski definition) is 1. The molecule has 0 amide bonds. The number of halogens is 1. The molecular formula is C16H24FN3. The summed E-state index contributed by atoms with van der Waals surface area (Å²) in [5.74, 6) is -0.158. The summed E-state index contributed by atoms with van der Waals surface area (Å²) in [5.41, 5.74) is 1.14. The van der Waals surface area contributed by atoms with Crippen molar-refractivity contribution in [1.82, 2.24) is 10.2 Å². The first kappa shape index (κ1) is 13.8. The zero-order chi connectivity index (χ0) is 13.9. The molecule has 2 aliphatic rings. The Morgan fingerprint density at radius 2 is 1.75 bits per heavy atom. The van der Waals surface area contributed by atoms with E-state index in [0.29, 0.717) is 12.1 Å². The predicted molar refractivity (Wildman–Crippen MR) is 80.7 cm³/mol. The lowest BCUT2D eigenvalue weighted by atomic mass is 10.00. The second kappa shape index (κ2) is 6.10. The van der Waals surface area contributed by atoms with Gasteiger partial charge in [0.15, 0.2) is 0 Å². The topological polar surface area (TPSA) is 18.5 Å². The van der Waals surface area contributed by atoms with Gasteiger partial charge >= 0.3 is 0 Å². The van der Waals surface area contributed by atoms with Crippen LogP contribution in [-0.4, -0.2) is 49.7 Å². The quantitative estimate of drug-likeness (QED) is 0.893. The van der Waals surface area contributed by atoms with E-state index in [1.165, 1.54) is 12.8 Å². The molecule has 20 heavy (non-hydrogen) atoms. The smallest absolute Gasteiger partial charge is 0.123 e. The Bertz CT molecular complexity index is 418. The van der Waals surface area contributed by atoms with Gasteiger partial charge in [0.2, 0.25) is 0 Å². The minimum Gasteiger partial charge on any atom is -0.369 e. The van der Waals surface area contributed by atoms with Gasteiger partial charge in [-0.25, -0.2) is 4.39 Å². The highest BCUT2D eigenvalue weighted by Gasteiger charge is 2.26. The average Bonchev–Trinajstić information content (AvgIpc) is 2.49. The lowest BCUT2D eigenvalue weighted by Gasteiger charge is -2.42. The number of nitrogens with zero attached hydrogens (tertiary/aromatic N) is 2. The van der Waals surface area contributed by atoms with Crippen LogP contribution in [0.15, 0.2) is 24.3 Å². The van der Waals surface area contributed by atoms with E-state index in [4.69, 9.17) is 0 Å². The maximum atomic E-state index is 13.0. The normalized spacial score (nSPS) is 28.6. The average molecular weight is 277 g/mol. The third-order valence-electron chi connectivity index (χ3n) is 4.66. The molecule has 0 bridgehead atoms. The Labute approximate surface area is 120 Å². The van der Waals surface area contributed by atoms with E-state index in [0.717, 1.165) is 38.4 Å². The first-order valence-corrected chi connectivity index (χ1v) is 7.70. The molecule has 2 saturated heterocycles. The Morgan fingerprint density at radius 1 is 1.05 bits per heavy atom. The number of rotatable bonds is 2. The molecule has 3 nitrogen and oxygen atoms in total. The highest BCUT2D eigenvalue weighted by Crippen LogP contribution is 2.20. The molecule has 0 aromatic heterocycles. The fourth-order valence-electron chi connectivity index (χ4n) is 3.29. The minimum absolute atomic E-state index is 0.158. The molecule has 2 fully saturated rings. The fourth-order valence-corrected chi connectivity index (χ4v) is 3.29. The number of hydrogen-bond acceptors (Lipinski definition) is 3. The van der Waals surface area contributed by atoms with E-state index in [2.05, 4.69) is 22.0 Å². The van der Waals surface area contributed by atoms with E-state index in [1.54, 1.807) is 12.1 Å². The summed E-state index contributed by atoms with van der Waals surface area (Å²) >= 11 is 0. The maximum Gasteiger partial charge on any atom is 0.123 e. The molecular weight excluding hydrogens is 253 g/mol. The van der Waals surface area contributed by atoms with Gasteiger partial charge in [0.1, 0.15) is 5.82 Å². The monoisotopic (exact) mass is 277 g/mol. The van der Waals surface area contributed by atoms with E-state index in [-0.39, 0.29) is 5.82 Å². The number of piperazine rings is 1. The molecule has 2 atom stereocenters. The fraction of sp³-hybridized carbons (Fsp3) is 0.625. The summed E-state index contributed by atoms with van der Waals surface area (Å²) in [6, 6.07) is 8.24. The van der Waals surface area contributed by atoms with Crippen LogP contribution in [0.5, 0.6) is 0 Å². The van der Waals surface area contributed by atoms with E-state index >= 15 is 0 Å². The number of anilines is 1. The molecule has 2 heterocycles. The summed E-state index contributed by atoms with van der Waals surface area (Å²) < 4.78 is 13.0. The van der Waals surface area contributed by atoms with Gasteiger partial charge in [-0.15, -0.1) is 0 Å². The molecule has 0 aliphatic carbocycles. The van der Waals surface area contributed by atoms with Crippen LogP contribution in [-0.2, 0) is 0 Å². The van der Waals surface area contributed by atoms with Crippen LogP contribution in [0.3, 0.4) is 0 Å². The van der Waals surface area contributed by atoms with Gasteiger partial charge in [-0.3, -0.25) is 4.90 Å². The van der Waals surface area contributed by atoms with Crippen LogP contribution in [0.4, 0.5) is 10.1 Å². The van der Waals surface area contributed by atoms with Gasteiger partial charge in [0.25, 0.3) is 0 Å². The van der Waals surface area contributed by atoms with Gasteiger partial charge in [-0.1, -0.05) is 0 Å². The van der Waals surface area contributed by atoms with Gasteiger partial charge in [0.05, 0.1) is 0 Å². The molecule has 2 aliphatic heterocycles. The molecule has 3 rings (SSSR count). The Hall–Kier alpha value is -1.13. The summed E-state index contributed by atoms with van der Waals surface area (Å²) in [6.07, 6.45) is 2.59. The second-order valence-electron chi connectivity index (χ2n) is 6.04. The zero-order valence-electron chi connectivity index (χ0n) is 12.2. The molecule has 110 valence electrons. The van der Waals surface area contributed by atoms with Crippen molar-refractivity contribution >= 4 is 5.69 Å². The molecule has 1 aromatic rings. The van der Waals surface area contributed by atoms with Gasteiger partial charge < -0.3 is 10.2 Å². The molecule has 2 unspecified atom stereocenters. The third-order valence-corrected chi connectivity index (χ3v) is 4.66. The Balaban J connectivity index is 1.53. The predicted octanol–water partition coefficient (Wildman–Crippen LogP) is 2.09. The van der Waals surface area contributed by atoms with Gasteiger partial charge in [-0.05, 0) is 44.0 Å². The Kier molecular flexibility index (Phi) is 4.22. The standard InChI is InChI=1S/C16H24FN3/c1-13-2-5-16(12-18-13)20-10-8-19(9-11-20)15-6-3-14(17)4-7-15/h3-4,6-7,13,16,18H,2,5,8-12H2,1H3. The van der Waals surface area contributed by atoms with Crippen LogP contribution in [0.1, 0.15) is 19.8 Å². The highest BCUT2D eigenvalue weighted by atomic mass is 19.1. The molecule has 0 saturated carbocycles. The van der Waals surface area contributed by atoms with Crippen molar-refractivity contribution in [1.29, 1.82) is 0 Å². The van der Waals surface area contributed by atoms with Crippen molar-refractivity contribution in [2.75, 3.05) is 37.6 Å². The van der Waals surface area contributed by atoms with Gasteiger partial charge in [-0.2, -0.15) is 0 Å². The van der Waals surface area contributed by atoms with Gasteiger partial charge in [0, 0.05) is 50.5 Å². The number of piperidine rings is 1. The van der Waals surface area contributed by atoms with E-state index in [1.807, 2.05) is 12.1 Å². The summed E-state index contributed by atoms with van der Waals surface area (Å²) in [4.78, 5) is 4.97. The SMILES string of the molecule is CC1CCC(N2CCN(c3ccc(F)cc3)CC2)CN1. The lowest BCUT2D eigenvalue weighted by Crippen LogP contribution is -2.55. The van der Waals surface area contributed by atoms with Crippen molar-refractivity contribution in [2.45, 2.75) is 31.8 Å². The van der Waals surface area contributed by atoms with E-state index in [9.17, 15) is 4.39 Å². The molecule has 0 radical (unpaired) electrons. The van der Waals surface area contributed by atoms with E-state index < -0.39 is 0 Å². The van der Waals surface area contributed by atoms with Crippen molar-refractivity contribution in [2.24, 2.45) is 0 Å². The van der Waals surface area contributed by atoms with Crippen LogP contribution in [0, 0.1) is 5.82 Å². The number of nitrogens with one attached hydrogen (secondary N) is 1. The maximum absolute atomic E-state index is 13.0. The van der Waals surface area contributed by atoms with Crippen LogP contribution < -0.4 is 10.2 Å². The van der Waals surface area contributed by atoms with Crippen molar-refractivity contribution in [3.8, 4) is 0 Å². The first-order valence-electron chi connectivity index (χ1n) is 7.70. The molecule has 1 aromatic carbocycles. The van der Waals surface area contributed by atoms with Crippen LogP contribution in [0.25, 0.3) is 0 Å².